The summed E-state index contributed by atoms with van der Waals surface area (Å²) in [5.41, 5.74) is 2.61. The number of rotatable bonds is 6. The van der Waals surface area contributed by atoms with Gasteiger partial charge in [-0.15, -0.1) is 0 Å². The molecule has 0 amide bonds. The molecule has 7 heteroatoms. The van der Waals surface area contributed by atoms with E-state index in [0.29, 0.717) is 11.4 Å². The van der Waals surface area contributed by atoms with Gasteiger partial charge in [-0.2, -0.15) is 0 Å². The topological polar surface area (TPSA) is 118 Å². The van der Waals surface area contributed by atoms with Crippen LogP contribution in [-0.4, -0.2) is 26.6 Å². The molecule has 36 heavy (non-hydrogen) atoms. The summed E-state index contributed by atoms with van der Waals surface area (Å²) >= 11 is 0. The quantitative estimate of drug-likeness (QED) is 0.397. The molecule has 0 unspecified atom stereocenters. The van der Waals surface area contributed by atoms with Gasteiger partial charge in [0, 0.05) is 27.9 Å². The zero-order valence-corrected chi connectivity index (χ0v) is 18.8. The van der Waals surface area contributed by atoms with Crippen molar-refractivity contribution in [1.82, 2.24) is 9.55 Å². The number of imidazole rings is 1. The van der Waals surface area contributed by atoms with E-state index < -0.39 is 11.9 Å². The Bertz CT molecular complexity index is 1560. The van der Waals surface area contributed by atoms with Gasteiger partial charge >= 0.3 is 5.97 Å². The summed E-state index contributed by atoms with van der Waals surface area (Å²) in [6.45, 7) is 0. The molecule has 0 bridgehead atoms. The summed E-state index contributed by atoms with van der Waals surface area (Å²) in [5, 5.41) is 34.3. The highest BCUT2D eigenvalue weighted by Crippen LogP contribution is 2.40. The van der Waals surface area contributed by atoms with Gasteiger partial charge in [-0.3, -0.25) is 4.57 Å². The van der Waals surface area contributed by atoms with Gasteiger partial charge in [0.2, 0.25) is 0 Å². The van der Waals surface area contributed by atoms with Crippen LogP contribution in [0.5, 0.6) is 5.75 Å². The Kier molecular flexibility index (Phi) is 5.80. The Morgan fingerprint density at radius 3 is 1.94 bits per heavy atom. The summed E-state index contributed by atoms with van der Waals surface area (Å²) in [6.07, 6.45) is 0. The average Bonchev–Trinajstić information content (AvgIpc) is 3.30. The Labute approximate surface area is 206 Å². The van der Waals surface area contributed by atoms with Crippen molar-refractivity contribution in [2.45, 2.75) is 0 Å². The minimum Gasteiger partial charge on any atom is -0.872 e. The fourth-order valence-corrected chi connectivity index (χ4v) is 4.14. The molecule has 0 saturated carbocycles. The standard InChI is InChI=1S/C29H20N2O5/c32-24-14-8-7-13-23(24)27-30-25(18-9-3-1-4-10-18)26(19-11-5-2-6-12-19)31(27)22-16-20(28(33)34)15-21(17-22)29(35)36/h1-17,32H,(H,33,34)(H,35,36)/p-2. The first-order valence-corrected chi connectivity index (χ1v) is 11.0. The lowest BCUT2D eigenvalue weighted by atomic mass is 10.0. The first-order chi connectivity index (χ1) is 17.4. The van der Waals surface area contributed by atoms with Gasteiger partial charge < -0.3 is 20.1 Å². The van der Waals surface area contributed by atoms with Gasteiger partial charge in [-0.25, -0.2) is 9.78 Å². The minimum absolute atomic E-state index is 0.223. The third-order valence-corrected chi connectivity index (χ3v) is 5.76. The molecule has 176 valence electrons. The van der Waals surface area contributed by atoms with Crippen LogP contribution < -0.4 is 10.2 Å². The second kappa shape index (κ2) is 9.23. The maximum absolute atomic E-state index is 12.9. The third kappa shape index (κ3) is 4.10. The minimum atomic E-state index is -1.52. The number of aromatic nitrogens is 2. The molecule has 1 N–H and O–H groups in total. The number of carboxylic acids is 2. The molecule has 1 aromatic heterocycles. The van der Waals surface area contributed by atoms with Crippen molar-refractivity contribution in [3.05, 3.63) is 114 Å². The lowest BCUT2D eigenvalue weighted by molar-refractivity contribution is -0.267. The largest absolute Gasteiger partial charge is 0.872 e. The number of nitrogens with zero attached hydrogens (tertiary/aromatic N) is 2. The van der Waals surface area contributed by atoms with Crippen LogP contribution in [0.4, 0.5) is 0 Å². The van der Waals surface area contributed by atoms with Gasteiger partial charge in [-0.05, 0) is 18.2 Å². The van der Waals surface area contributed by atoms with E-state index in [1.165, 1.54) is 18.2 Å². The van der Waals surface area contributed by atoms with Crippen molar-refractivity contribution in [3.8, 4) is 45.3 Å². The molecule has 0 aliphatic rings. The predicted octanol–water partition coefficient (Wildman–Crippen LogP) is 4.01. The van der Waals surface area contributed by atoms with Crippen LogP contribution in [0, 0.1) is 0 Å². The molecule has 5 aromatic rings. The van der Waals surface area contributed by atoms with Gasteiger partial charge in [0.25, 0.3) is 0 Å². The zero-order valence-electron chi connectivity index (χ0n) is 18.8. The van der Waals surface area contributed by atoms with Crippen LogP contribution in [0.15, 0.2) is 103 Å². The molecule has 0 aliphatic heterocycles. The summed E-state index contributed by atoms with van der Waals surface area (Å²) < 4.78 is 1.63. The summed E-state index contributed by atoms with van der Waals surface area (Å²) in [7, 11) is 0. The smallest absolute Gasteiger partial charge is 0.335 e. The number of para-hydroxylation sites is 1. The van der Waals surface area contributed by atoms with Crippen molar-refractivity contribution in [1.29, 1.82) is 0 Å². The molecule has 4 aromatic carbocycles. The van der Waals surface area contributed by atoms with Crippen molar-refractivity contribution in [2.24, 2.45) is 0 Å². The van der Waals surface area contributed by atoms with E-state index in [0.717, 1.165) is 17.2 Å². The van der Waals surface area contributed by atoms with E-state index in [1.54, 1.807) is 22.8 Å². The lowest BCUT2D eigenvalue weighted by Gasteiger charge is -2.18. The second-order valence-corrected chi connectivity index (χ2v) is 8.06. The zero-order chi connectivity index (χ0) is 25.2. The van der Waals surface area contributed by atoms with Crippen LogP contribution >= 0.6 is 0 Å². The highest BCUT2D eigenvalue weighted by Gasteiger charge is 2.23. The van der Waals surface area contributed by atoms with E-state index in [2.05, 4.69) is 0 Å². The number of hydrogen-bond donors (Lipinski definition) is 1. The van der Waals surface area contributed by atoms with Crippen LogP contribution in [0.1, 0.15) is 20.7 Å². The summed E-state index contributed by atoms with van der Waals surface area (Å²) in [6, 6.07) is 28.8. The second-order valence-electron chi connectivity index (χ2n) is 8.06. The highest BCUT2D eigenvalue weighted by atomic mass is 16.4. The fourth-order valence-electron chi connectivity index (χ4n) is 4.14. The number of carbonyl (C=O) groups is 2. The average molecular weight is 474 g/mol. The highest BCUT2D eigenvalue weighted by molar-refractivity contribution is 5.95. The van der Waals surface area contributed by atoms with Crippen LogP contribution in [0.2, 0.25) is 0 Å². The summed E-state index contributed by atoms with van der Waals surface area (Å²) in [5.74, 6) is -2.84. The Hall–Kier alpha value is -5.17. The molecule has 7 nitrogen and oxygen atoms in total. The molecule has 0 atom stereocenters. The lowest BCUT2D eigenvalue weighted by Crippen LogP contribution is -2.23. The van der Waals surface area contributed by atoms with Gasteiger partial charge in [-0.1, -0.05) is 90.7 Å². The van der Waals surface area contributed by atoms with Gasteiger partial charge in [0.05, 0.1) is 22.9 Å². The number of benzene rings is 4. The summed E-state index contributed by atoms with van der Waals surface area (Å²) in [4.78, 5) is 28.5. The third-order valence-electron chi connectivity index (χ3n) is 5.76. The van der Waals surface area contributed by atoms with E-state index in [4.69, 9.17) is 4.98 Å². The molecule has 5 rings (SSSR count). The first-order valence-electron chi connectivity index (χ1n) is 11.0. The van der Waals surface area contributed by atoms with Crippen molar-refractivity contribution < 1.29 is 24.9 Å². The number of aromatic carboxylic acids is 2. The van der Waals surface area contributed by atoms with Gasteiger partial charge in [0.1, 0.15) is 5.82 Å². The molecular weight excluding hydrogens is 456 g/mol. The van der Waals surface area contributed by atoms with Crippen LogP contribution in [0.3, 0.4) is 0 Å². The Morgan fingerprint density at radius 2 is 1.33 bits per heavy atom. The van der Waals surface area contributed by atoms with Crippen LogP contribution in [0.25, 0.3) is 39.6 Å². The van der Waals surface area contributed by atoms with E-state index >= 15 is 0 Å². The molecule has 0 spiro atoms. The maximum Gasteiger partial charge on any atom is 0.335 e. The van der Waals surface area contributed by atoms with Crippen LogP contribution in [-0.2, 0) is 0 Å². The number of hydrogen-bond acceptors (Lipinski definition) is 5. The number of carbonyl (C=O) groups excluding carboxylic acids is 1. The van der Waals surface area contributed by atoms with Crippen molar-refractivity contribution in [2.75, 3.05) is 0 Å². The Balaban J connectivity index is 1.95. The Morgan fingerprint density at radius 1 is 0.750 bits per heavy atom. The first kappa shape index (κ1) is 22.6. The number of carboxylic acid groups (broad SMARTS) is 2. The molecular formula is C29H18N2O5-2. The van der Waals surface area contributed by atoms with Crippen molar-refractivity contribution >= 4 is 11.9 Å². The molecule has 0 aliphatic carbocycles. The van der Waals surface area contributed by atoms with E-state index in [-0.39, 0.29) is 34.0 Å². The molecule has 0 saturated heterocycles. The molecule has 0 radical (unpaired) electrons. The van der Waals surface area contributed by atoms with Gasteiger partial charge in [0.15, 0.2) is 0 Å². The fraction of sp³-hybridized carbons (Fsp3) is 0. The monoisotopic (exact) mass is 474 g/mol. The predicted molar refractivity (Wildman–Crippen MR) is 131 cm³/mol. The SMILES string of the molecule is O=C([O-])c1cc(C(=O)O)cc(-n2c(-c3ccccc3[O-])nc(-c3ccccc3)c2-c2ccccc2)c1. The van der Waals surface area contributed by atoms with Crippen molar-refractivity contribution in [3.63, 3.8) is 0 Å². The maximum atomic E-state index is 12.9. The molecule has 1 heterocycles. The van der Waals surface area contributed by atoms with E-state index in [9.17, 15) is 24.9 Å². The van der Waals surface area contributed by atoms with E-state index in [1.807, 2.05) is 60.7 Å². The normalized spacial score (nSPS) is 10.8. The molecule has 0 fully saturated rings.